The number of non-ortho nitro benzene ring substituents is 1. The number of nitrogens with zero attached hydrogens (tertiary/aromatic N) is 1. The molecular formula is C17H18N2O5S. The average Bonchev–Trinajstić information content (AvgIpc) is 2.61. The van der Waals surface area contributed by atoms with Crippen molar-refractivity contribution in [2.24, 2.45) is 0 Å². The fourth-order valence-corrected chi connectivity index (χ4v) is 2.81. The molecule has 0 atom stereocenters. The Morgan fingerprint density at radius 2 is 1.76 bits per heavy atom. The third kappa shape index (κ3) is 4.87. The van der Waals surface area contributed by atoms with Crippen LogP contribution in [0.3, 0.4) is 0 Å². The third-order valence-corrected chi connectivity index (χ3v) is 4.43. The SMILES string of the molecule is COc1cc(C)c(NC(=O)CSc2ccc([N+](=O)[O-])cc2)cc1OC. The van der Waals surface area contributed by atoms with Crippen molar-refractivity contribution < 1.29 is 19.2 Å². The number of nitro benzene ring substituents is 1. The number of amides is 1. The van der Waals surface area contributed by atoms with Crippen LogP contribution in [0.5, 0.6) is 11.5 Å². The van der Waals surface area contributed by atoms with Crippen LogP contribution < -0.4 is 14.8 Å². The van der Waals surface area contributed by atoms with E-state index >= 15 is 0 Å². The van der Waals surface area contributed by atoms with E-state index in [9.17, 15) is 14.9 Å². The zero-order chi connectivity index (χ0) is 18.4. The van der Waals surface area contributed by atoms with E-state index in [0.717, 1.165) is 10.5 Å². The number of rotatable bonds is 7. The minimum Gasteiger partial charge on any atom is -0.493 e. The fraction of sp³-hybridized carbons (Fsp3) is 0.235. The molecule has 7 nitrogen and oxygen atoms in total. The number of anilines is 1. The largest absolute Gasteiger partial charge is 0.493 e. The Labute approximate surface area is 149 Å². The van der Waals surface area contributed by atoms with E-state index in [4.69, 9.17) is 9.47 Å². The Morgan fingerprint density at radius 3 is 2.32 bits per heavy atom. The first-order chi connectivity index (χ1) is 11.9. The number of nitro groups is 1. The van der Waals surface area contributed by atoms with Crippen molar-refractivity contribution in [2.75, 3.05) is 25.3 Å². The van der Waals surface area contributed by atoms with Crippen LogP contribution in [0.15, 0.2) is 41.3 Å². The quantitative estimate of drug-likeness (QED) is 0.459. The van der Waals surface area contributed by atoms with Crippen molar-refractivity contribution in [1.29, 1.82) is 0 Å². The lowest BCUT2D eigenvalue weighted by molar-refractivity contribution is -0.384. The predicted octanol–water partition coefficient (Wildman–Crippen LogP) is 3.65. The molecule has 0 saturated heterocycles. The zero-order valence-electron chi connectivity index (χ0n) is 14.1. The van der Waals surface area contributed by atoms with Gasteiger partial charge in [0, 0.05) is 28.8 Å². The molecule has 8 heteroatoms. The molecule has 0 spiro atoms. The van der Waals surface area contributed by atoms with Gasteiger partial charge in [-0.2, -0.15) is 0 Å². The maximum Gasteiger partial charge on any atom is 0.269 e. The first-order valence-electron chi connectivity index (χ1n) is 7.34. The number of hydrogen-bond donors (Lipinski definition) is 1. The van der Waals surface area contributed by atoms with Gasteiger partial charge < -0.3 is 14.8 Å². The molecule has 0 unspecified atom stereocenters. The van der Waals surface area contributed by atoms with E-state index in [1.54, 1.807) is 31.4 Å². The molecule has 0 radical (unpaired) electrons. The van der Waals surface area contributed by atoms with E-state index in [2.05, 4.69) is 5.32 Å². The van der Waals surface area contributed by atoms with Crippen molar-refractivity contribution >= 4 is 29.0 Å². The van der Waals surface area contributed by atoms with E-state index in [0.29, 0.717) is 17.2 Å². The summed E-state index contributed by atoms with van der Waals surface area (Å²) >= 11 is 1.30. The molecule has 1 amide bonds. The molecule has 0 aliphatic heterocycles. The molecule has 0 aromatic heterocycles. The van der Waals surface area contributed by atoms with Crippen LogP contribution in [0.25, 0.3) is 0 Å². The Morgan fingerprint density at radius 1 is 1.16 bits per heavy atom. The minimum atomic E-state index is -0.457. The Kier molecular flexibility index (Phi) is 6.24. The number of thioether (sulfide) groups is 1. The Bertz CT molecular complexity index is 777. The van der Waals surface area contributed by atoms with Gasteiger partial charge in [0.05, 0.1) is 24.9 Å². The van der Waals surface area contributed by atoms with E-state index in [-0.39, 0.29) is 17.3 Å². The molecule has 0 bridgehead atoms. The molecule has 25 heavy (non-hydrogen) atoms. The highest BCUT2D eigenvalue weighted by molar-refractivity contribution is 8.00. The van der Waals surface area contributed by atoms with Gasteiger partial charge in [0.1, 0.15) is 0 Å². The summed E-state index contributed by atoms with van der Waals surface area (Å²) in [5.74, 6) is 1.13. The number of carbonyl (C=O) groups excluding carboxylic acids is 1. The lowest BCUT2D eigenvalue weighted by atomic mass is 10.1. The van der Waals surface area contributed by atoms with Crippen LogP contribution in [0.4, 0.5) is 11.4 Å². The topological polar surface area (TPSA) is 90.7 Å². The summed E-state index contributed by atoms with van der Waals surface area (Å²) in [4.78, 5) is 23.1. The van der Waals surface area contributed by atoms with Crippen LogP contribution in [0, 0.1) is 17.0 Å². The second-order valence-electron chi connectivity index (χ2n) is 5.11. The first kappa shape index (κ1) is 18.6. The maximum atomic E-state index is 12.2. The van der Waals surface area contributed by atoms with Gasteiger partial charge in [-0.1, -0.05) is 0 Å². The van der Waals surface area contributed by atoms with Crippen LogP contribution in [0.1, 0.15) is 5.56 Å². The average molecular weight is 362 g/mol. The summed E-state index contributed by atoms with van der Waals surface area (Å²) in [6.07, 6.45) is 0. The molecule has 132 valence electrons. The molecule has 0 aliphatic carbocycles. The number of nitrogens with one attached hydrogen (secondary N) is 1. The maximum absolute atomic E-state index is 12.2. The first-order valence-corrected chi connectivity index (χ1v) is 8.33. The van der Waals surface area contributed by atoms with Crippen molar-refractivity contribution in [3.8, 4) is 11.5 Å². The zero-order valence-corrected chi connectivity index (χ0v) is 14.9. The van der Waals surface area contributed by atoms with Crippen LogP contribution in [-0.4, -0.2) is 30.8 Å². The van der Waals surface area contributed by atoms with Gasteiger partial charge in [-0.05, 0) is 30.7 Å². The van der Waals surface area contributed by atoms with Crippen LogP contribution in [0.2, 0.25) is 0 Å². The number of benzene rings is 2. The summed E-state index contributed by atoms with van der Waals surface area (Å²) in [7, 11) is 3.08. The fourth-order valence-electron chi connectivity index (χ4n) is 2.11. The van der Waals surface area contributed by atoms with Gasteiger partial charge in [0.2, 0.25) is 5.91 Å². The highest BCUT2D eigenvalue weighted by atomic mass is 32.2. The second-order valence-corrected chi connectivity index (χ2v) is 6.16. The molecular weight excluding hydrogens is 344 g/mol. The number of carbonyl (C=O) groups is 1. The van der Waals surface area contributed by atoms with Crippen LogP contribution in [-0.2, 0) is 4.79 Å². The highest BCUT2D eigenvalue weighted by Crippen LogP contribution is 2.33. The molecule has 2 rings (SSSR count). The molecule has 2 aromatic rings. The van der Waals surface area contributed by atoms with Crippen molar-refractivity contribution in [1.82, 2.24) is 0 Å². The summed E-state index contributed by atoms with van der Waals surface area (Å²) in [6, 6.07) is 9.58. The summed E-state index contributed by atoms with van der Waals surface area (Å²) < 4.78 is 10.5. The van der Waals surface area contributed by atoms with Gasteiger partial charge in [-0.15, -0.1) is 11.8 Å². The second kappa shape index (κ2) is 8.39. The molecule has 0 fully saturated rings. The molecule has 0 heterocycles. The summed E-state index contributed by atoms with van der Waals surface area (Å²) in [5, 5.41) is 13.5. The third-order valence-electron chi connectivity index (χ3n) is 3.42. The smallest absolute Gasteiger partial charge is 0.269 e. The van der Waals surface area contributed by atoms with E-state index < -0.39 is 4.92 Å². The predicted molar refractivity (Wildman–Crippen MR) is 96.7 cm³/mol. The Balaban J connectivity index is 1.99. The Hall–Kier alpha value is -2.74. The minimum absolute atomic E-state index is 0.0229. The van der Waals surface area contributed by atoms with Crippen molar-refractivity contribution in [3.63, 3.8) is 0 Å². The molecule has 1 N–H and O–H groups in total. The summed E-state index contributed by atoms with van der Waals surface area (Å²) in [5.41, 5.74) is 1.52. The lowest BCUT2D eigenvalue weighted by Gasteiger charge is -2.13. The van der Waals surface area contributed by atoms with Crippen LogP contribution >= 0.6 is 11.8 Å². The molecule has 0 saturated carbocycles. The van der Waals surface area contributed by atoms with Gasteiger partial charge in [0.25, 0.3) is 5.69 Å². The van der Waals surface area contributed by atoms with Gasteiger partial charge >= 0.3 is 0 Å². The number of aryl methyl sites for hydroxylation is 1. The lowest BCUT2D eigenvalue weighted by Crippen LogP contribution is -2.15. The standard InChI is InChI=1S/C17H18N2O5S/c1-11-8-15(23-2)16(24-3)9-14(11)18-17(20)10-25-13-6-4-12(5-7-13)19(21)22/h4-9H,10H2,1-3H3,(H,18,20). The van der Waals surface area contributed by atoms with E-state index in [1.165, 1.54) is 31.0 Å². The molecule has 2 aromatic carbocycles. The normalized spacial score (nSPS) is 10.2. The van der Waals surface area contributed by atoms with Crippen molar-refractivity contribution in [3.05, 3.63) is 52.1 Å². The number of methoxy groups -OCH3 is 2. The number of ether oxygens (including phenoxy) is 2. The number of hydrogen-bond acceptors (Lipinski definition) is 6. The van der Waals surface area contributed by atoms with Crippen molar-refractivity contribution in [2.45, 2.75) is 11.8 Å². The highest BCUT2D eigenvalue weighted by Gasteiger charge is 2.12. The van der Waals surface area contributed by atoms with Gasteiger partial charge in [-0.25, -0.2) is 0 Å². The van der Waals surface area contributed by atoms with E-state index in [1.807, 2.05) is 6.92 Å². The van der Waals surface area contributed by atoms with Gasteiger partial charge in [-0.3, -0.25) is 14.9 Å². The monoisotopic (exact) mass is 362 g/mol. The molecule has 0 aliphatic rings. The summed E-state index contributed by atoms with van der Waals surface area (Å²) in [6.45, 7) is 1.86. The van der Waals surface area contributed by atoms with Gasteiger partial charge in [0.15, 0.2) is 11.5 Å².